The van der Waals surface area contributed by atoms with Crippen molar-refractivity contribution >= 4 is 43.5 Å². The number of primary sulfonamides is 1. The molecule has 1 amide bonds. The maximum absolute atomic E-state index is 12.6. The summed E-state index contributed by atoms with van der Waals surface area (Å²) >= 11 is 9.31. The SMILES string of the molecule is NS(=O)(=O)c1cc(Br)c(Cl)c(C(=O)N2CCCCCC2)c1. The van der Waals surface area contributed by atoms with Gasteiger partial charge in [0.2, 0.25) is 10.0 Å². The van der Waals surface area contributed by atoms with Crippen LogP contribution in [0.4, 0.5) is 0 Å². The van der Waals surface area contributed by atoms with Crippen molar-refractivity contribution in [2.45, 2.75) is 30.6 Å². The van der Waals surface area contributed by atoms with Crippen molar-refractivity contribution in [3.05, 3.63) is 27.2 Å². The van der Waals surface area contributed by atoms with Gasteiger partial charge in [0, 0.05) is 17.6 Å². The van der Waals surface area contributed by atoms with Crippen LogP contribution in [-0.4, -0.2) is 32.3 Å². The number of amides is 1. The average Bonchev–Trinajstić information content (AvgIpc) is 2.68. The molecule has 8 heteroatoms. The first-order chi connectivity index (χ1) is 9.80. The molecule has 1 fully saturated rings. The normalized spacial score (nSPS) is 16.6. The number of carbonyl (C=O) groups is 1. The van der Waals surface area contributed by atoms with Gasteiger partial charge in [0.05, 0.1) is 15.5 Å². The van der Waals surface area contributed by atoms with Crippen molar-refractivity contribution in [3.8, 4) is 0 Å². The Bertz CT molecular complexity index is 656. The lowest BCUT2D eigenvalue weighted by molar-refractivity contribution is 0.0761. The summed E-state index contributed by atoms with van der Waals surface area (Å²) in [6, 6.07) is 2.55. The molecule has 2 rings (SSSR count). The molecule has 0 spiro atoms. The minimum atomic E-state index is -3.90. The van der Waals surface area contributed by atoms with Gasteiger partial charge in [0.15, 0.2) is 0 Å². The lowest BCUT2D eigenvalue weighted by Gasteiger charge is -2.21. The number of halogens is 2. The molecule has 2 N–H and O–H groups in total. The standard InChI is InChI=1S/C13H16BrClN2O3S/c14-11-8-9(21(16,19)20)7-10(12(11)15)13(18)17-5-3-1-2-4-6-17/h7-8H,1-6H2,(H2,16,19,20). The van der Waals surface area contributed by atoms with Gasteiger partial charge in [0.25, 0.3) is 5.91 Å². The summed E-state index contributed by atoms with van der Waals surface area (Å²) in [6.07, 6.45) is 4.08. The van der Waals surface area contributed by atoms with Gasteiger partial charge in [-0.05, 0) is 40.9 Å². The fraction of sp³-hybridized carbons (Fsp3) is 0.462. The van der Waals surface area contributed by atoms with E-state index < -0.39 is 10.0 Å². The predicted molar refractivity (Wildman–Crippen MR) is 84.9 cm³/mol. The van der Waals surface area contributed by atoms with Crippen LogP contribution in [0.25, 0.3) is 0 Å². The monoisotopic (exact) mass is 394 g/mol. The van der Waals surface area contributed by atoms with Crippen LogP contribution in [0.15, 0.2) is 21.5 Å². The predicted octanol–water partition coefficient (Wildman–Crippen LogP) is 2.77. The summed E-state index contributed by atoms with van der Waals surface area (Å²) in [7, 11) is -3.90. The number of nitrogens with zero attached hydrogens (tertiary/aromatic N) is 1. The van der Waals surface area contributed by atoms with Crippen molar-refractivity contribution in [1.82, 2.24) is 4.90 Å². The molecule has 0 unspecified atom stereocenters. The summed E-state index contributed by atoms with van der Waals surface area (Å²) in [5.74, 6) is -0.256. The van der Waals surface area contributed by atoms with Crippen LogP contribution in [0.2, 0.25) is 5.02 Å². The lowest BCUT2D eigenvalue weighted by Crippen LogP contribution is -2.32. The number of carbonyl (C=O) groups excluding carboxylic acids is 1. The van der Waals surface area contributed by atoms with E-state index in [1.165, 1.54) is 12.1 Å². The lowest BCUT2D eigenvalue weighted by atomic mass is 10.2. The minimum absolute atomic E-state index is 0.128. The van der Waals surface area contributed by atoms with Crippen molar-refractivity contribution in [2.24, 2.45) is 5.14 Å². The summed E-state index contributed by atoms with van der Waals surface area (Å²) in [5.41, 5.74) is 0.164. The van der Waals surface area contributed by atoms with Gasteiger partial charge in [0.1, 0.15) is 0 Å². The second-order valence-corrected chi connectivity index (χ2v) is 7.81. The van der Waals surface area contributed by atoms with E-state index in [1.807, 2.05) is 0 Å². The third kappa shape index (κ3) is 3.97. The quantitative estimate of drug-likeness (QED) is 0.836. The molecule has 0 radical (unpaired) electrons. The molecule has 0 aliphatic carbocycles. The Kier molecular flexibility index (Phi) is 5.29. The largest absolute Gasteiger partial charge is 0.339 e. The molecule has 21 heavy (non-hydrogen) atoms. The molecule has 0 saturated carbocycles. The highest BCUT2D eigenvalue weighted by molar-refractivity contribution is 9.10. The molecule has 0 bridgehead atoms. The van der Waals surface area contributed by atoms with Gasteiger partial charge >= 0.3 is 0 Å². The van der Waals surface area contributed by atoms with Crippen LogP contribution in [0, 0.1) is 0 Å². The summed E-state index contributed by atoms with van der Waals surface area (Å²) in [6.45, 7) is 1.32. The van der Waals surface area contributed by atoms with Crippen molar-refractivity contribution in [2.75, 3.05) is 13.1 Å². The van der Waals surface area contributed by atoms with Crippen molar-refractivity contribution < 1.29 is 13.2 Å². The van der Waals surface area contributed by atoms with E-state index >= 15 is 0 Å². The molecule has 116 valence electrons. The smallest absolute Gasteiger partial charge is 0.255 e. The molecular formula is C13H16BrClN2O3S. The number of likely N-dealkylation sites (tertiary alicyclic amines) is 1. The van der Waals surface area contributed by atoms with Crippen LogP contribution in [-0.2, 0) is 10.0 Å². The Hall–Kier alpha value is -0.630. The summed E-state index contributed by atoms with van der Waals surface area (Å²) in [4.78, 5) is 14.2. The molecule has 1 saturated heterocycles. The molecule has 1 aliphatic heterocycles. The van der Waals surface area contributed by atoms with Crippen LogP contribution in [0.3, 0.4) is 0 Å². The second kappa shape index (κ2) is 6.64. The van der Waals surface area contributed by atoms with Crippen LogP contribution >= 0.6 is 27.5 Å². The highest BCUT2D eigenvalue weighted by Gasteiger charge is 2.23. The molecule has 0 atom stereocenters. The first kappa shape index (κ1) is 16.7. The van der Waals surface area contributed by atoms with Crippen LogP contribution in [0.1, 0.15) is 36.0 Å². The Morgan fingerprint density at radius 1 is 1.19 bits per heavy atom. The third-order valence-electron chi connectivity index (χ3n) is 3.45. The number of hydrogen-bond donors (Lipinski definition) is 1. The number of benzene rings is 1. The maximum atomic E-state index is 12.6. The number of sulfonamides is 1. The van der Waals surface area contributed by atoms with E-state index in [9.17, 15) is 13.2 Å². The van der Waals surface area contributed by atoms with Crippen molar-refractivity contribution in [1.29, 1.82) is 0 Å². The van der Waals surface area contributed by atoms with Gasteiger partial charge in [-0.25, -0.2) is 13.6 Å². The van der Waals surface area contributed by atoms with E-state index in [1.54, 1.807) is 4.90 Å². The molecule has 0 aromatic heterocycles. The molecule has 5 nitrogen and oxygen atoms in total. The number of rotatable bonds is 2. The molecular weight excluding hydrogens is 380 g/mol. The zero-order valence-electron chi connectivity index (χ0n) is 11.3. The summed E-state index contributed by atoms with van der Waals surface area (Å²) < 4.78 is 23.3. The Labute approximate surface area is 137 Å². The molecule has 1 heterocycles. The highest BCUT2D eigenvalue weighted by Crippen LogP contribution is 2.30. The first-order valence-electron chi connectivity index (χ1n) is 6.62. The van der Waals surface area contributed by atoms with E-state index in [-0.39, 0.29) is 21.4 Å². The van der Waals surface area contributed by atoms with Gasteiger partial charge in [-0.3, -0.25) is 4.79 Å². The maximum Gasteiger partial charge on any atom is 0.255 e. The second-order valence-electron chi connectivity index (χ2n) is 5.02. The molecule has 1 aromatic rings. The topological polar surface area (TPSA) is 80.5 Å². The van der Waals surface area contributed by atoms with Crippen molar-refractivity contribution in [3.63, 3.8) is 0 Å². The Morgan fingerprint density at radius 2 is 1.76 bits per heavy atom. The van der Waals surface area contributed by atoms with E-state index in [0.717, 1.165) is 25.7 Å². The fourth-order valence-corrected chi connectivity index (χ4v) is 3.69. The fourth-order valence-electron chi connectivity index (χ4n) is 2.33. The average molecular weight is 396 g/mol. The van der Waals surface area contributed by atoms with Gasteiger partial charge in [-0.1, -0.05) is 24.4 Å². The molecule has 1 aromatic carbocycles. The Morgan fingerprint density at radius 3 is 2.29 bits per heavy atom. The number of nitrogens with two attached hydrogens (primary N) is 1. The third-order valence-corrected chi connectivity index (χ3v) is 5.61. The number of hydrogen-bond acceptors (Lipinski definition) is 3. The van der Waals surface area contributed by atoms with Crippen LogP contribution < -0.4 is 5.14 Å². The Balaban J connectivity index is 2.42. The van der Waals surface area contributed by atoms with Gasteiger partial charge < -0.3 is 4.90 Å². The minimum Gasteiger partial charge on any atom is -0.339 e. The summed E-state index contributed by atoms with van der Waals surface area (Å²) in [5, 5.41) is 5.34. The molecule has 1 aliphatic rings. The van der Waals surface area contributed by atoms with E-state index in [0.29, 0.717) is 17.6 Å². The highest BCUT2D eigenvalue weighted by atomic mass is 79.9. The zero-order valence-corrected chi connectivity index (χ0v) is 14.5. The first-order valence-corrected chi connectivity index (χ1v) is 9.33. The van der Waals surface area contributed by atoms with E-state index in [2.05, 4.69) is 15.9 Å². The zero-order chi connectivity index (χ0) is 15.6. The van der Waals surface area contributed by atoms with Crippen LogP contribution in [0.5, 0.6) is 0 Å². The van der Waals surface area contributed by atoms with Gasteiger partial charge in [-0.15, -0.1) is 0 Å². The van der Waals surface area contributed by atoms with Gasteiger partial charge in [-0.2, -0.15) is 0 Å². The van der Waals surface area contributed by atoms with E-state index in [4.69, 9.17) is 16.7 Å².